The molecule has 0 aliphatic carbocycles. The molecule has 378 valence electrons. The largest absolute Gasteiger partial charge is 0.311 e. The van der Waals surface area contributed by atoms with Crippen LogP contribution >= 0.6 is 34.9 Å². The summed E-state index contributed by atoms with van der Waals surface area (Å²) in [6.07, 6.45) is 0. The maximum Gasteiger partial charge on any atom is 0.249 e. The molecule has 13 aromatic rings. The summed E-state index contributed by atoms with van der Waals surface area (Å²) in [7, 11) is 0. The van der Waals surface area contributed by atoms with E-state index in [0.717, 1.165) is 39.8 Å². The smallest absolute Gasteiger partial charge is 0.249 e. The monoisotopic (exact) mass is 1080 g/mol. The first-order chi connectivity index (χ1) is 40.2. The Morgan fingerprint density at radius 3 is 1.40 bits per heavy atom. The molecular weight excluding hydrogens is 1040 g/mol. The van der Waals surface area contributed by atoms with Crippen LogP contribution in [0.4, 0.5) is 68.2 Å². The molecular formula is C72H46B2N4S3. The number of fused-ring (bicyclic) bond motifs is 11. The summed E-state index contributed by atoms with van der Waals surface area (Å²) in [4.78, 5) is 15.1. The van der Waals surface area contributed by atoms with Gasteiger partial charge in [-0.1, -0.05) is 198 Å². The number of hydrogen-bond acceptors (Lipinski definition) is 7. The first-order valence-corrected chi connectivity index (χ1v) is 30.1. The molecule has 0 atom stereocenters. The third-order valence-electron chi connectivity index (χ3n) is 16.7. The Bertz CT molecular complexity index is 4560. The van der Waals surface area contributed by atoms with Crippen molar-refractivity contribution >= 4 is 169 Å². The third-order valence-corrected chi connectivity index (χ3v) is 20.2. The minimum atomic E-state index is -0.0371. The summed E-state index contributed by atoms with van der Waals surface area (Å²) in [6.45, 7) is -0.0651. The van der Waals surface area contributed by atoms with Gasteiger partial charge in [0.15, 0.2) is 0 Å². The van der Waals surface area contributed by atoms with Crippen molar-refractivity contribution in [2.45, 2.75) is 19.6 Å². The summed E-state index contributed by atoms with van der Waals surface area (Å²) in [5.41, 5.74) is 21.8. The fourth-order valence-electron chi connectivity index (χ4n) is 13.3. The molecule has 0 spiro atoms. The molecule has 0 saturated heterocycles. The highest BCUT2D eigenvalue weighted by molar-refractivity contribution is 8.00. The van der Waals surface area contributed by atoms with Crippen LogP contribution in [-0.2, 0) is 0 Å². The van der Waals surface area contributed by atoms with Gasteiger partial charge in [0.1, 0.15) is 0 Å². The van der Waals surface area contributed by atoms with E-state index in [-0.39, 0.29) is 13.4 Å². The van der Waals surface area contributed by atoms with Gasteiger partial charge >= 0.3 is 0 Å². The first kappa shape index (κ1) is 46.8. The average Bonchev–Trinajstić information content (AvgIpc) is 3.73. The number of anilines is 12. The summed E-state index contributed by atoms with van der Waals surface area (Å²) in [6, 6.07) is 104. The lowest BCUT2D eigenvalue weighted by Gasteiger charge is -2.44. The van der Waals surface area contributed by atoms with E-state index in [0.29, 0.717) is 0 Å². The van der Waals surface area contributed by atoms with E-state index < -0.39 is 0 Å². The Morgan fingerprint density at radius 2 is 0.765 bits per heavy atom. The van der Waals surface area contributed by atoms with E-state index in [1.54, 1.807) is 0 Å². The van der Waals surface area contributed by atoms with Crippen molar-refractivity contribution in [3.05, 3.63) is 279 Å². The Balaban J connectivity index is 0.957. The van der Waals surface area contributed by atoms with Crippen LogP contribution < -0.4 is 52.4 Å². The van der Waals surface area contributed by atoms with Crippen LogP contribution in [0.25, 0.3) is 20.2 Å². The van der Waals surface area contributed by atoms with E-state index in [2.05, 4.69) is 299 Å². The van der Waals surface area contributed by atoms with Crippen molar-refractivity contribution in [3.63, 3.8) is 0 Å². The molecule has 81 heavy (non-hydrogen) atoms. The lowest BCUT2D eigenvalue weighted by Crippen LogP contribution is -2.63. The zero-order valence-electron chi connectivity index (χ0n) is 43.7. The molecule has 1 aromatic heterocycles. The van der Waals surface area contributed by atoms with Crippen molar-refractivity contribution in [1.29, 1.82) is 0 Å². The molecule has 0 unspecified atom stereocenters. The summed E-state index contributed by atoms with van der Waals surface area (Å²) in [5, 5.41) is 2.57. The average molecular weight is 1090 g/mol. The number of thiophene rings is 1. The van der Waals surface area contributed by atoms with E-state index >= 15 is 0 Å². The van der Waals surface area contributed by atoms with Gasteiger partial charge in [-0.3, -0.25) is 0 Å². The Morgan fingerprint density at radius 1 is 0.284 bits per heavy atom. The van der Waals surface area contributed by atoms with E-state index in [9.17, 15) is 0 Å². The number of hydrogen-bond donors (Lipinski definition) is 0. The molecule has 4 nitrogen and oxygen atoms in total. The molecule has 0 N–H and O–H groups in total. The van der Waals surface area contributed by atoms with Crippen molar-refractivity contribution in [2.75, 3.05) is 19.6 Å². The van der Waals surface area contributed by atoms with Crippen molar-refractivity contribution in [3.8, 4) is 0 Å². The number of rotatable bonds is 8. The molecule has 0 radical (unpaired) electrons. The normalized spacial score (nSPS) is 13.2. The highest BCUT2D eigenvalue weighted by atomic mass is 32.2. The van der Waals surface area contributed by atoms with Crippen molar-refractivity contribution in [2.24, 2.45) is 0 Å². The SMILES string of the molecule is c1ccc(N(c2ccccc2)c2cc3c4c(c2)N(c2ccccc2)c2ccccc2B4c2cc4c(cc2S3)N(c2cccc3c2sc2ccccc23)c2cc(N(c3ccccc3)c3ccccc3)cc3c2B4c2ccccc2S3)cc1. The van der Waals surface area contributed by atoms with Gasteiger partial charge in [-0.2, -0.15) is 0 Å². The molecule has 12 aromatic carbocycles. The highest BCUT2D eigenvalue weighted by Crippen LogP contribution is 2.52. The van der Waals surface area contributed by atoms with Crippen LogP contribution in [0.3, 0.4) is 0 Å². The van der Waals surface area contributed by atoms with E-state index in [4.69, 9.17) is 0 Å². The van der Waals surface area contributed by atoms with E-state index in [1.165, 1.54) is 101 Å². The molecule has 4 aliphatic heterocycles. The second-order valence-corrected chi connectivity index (χ2v) is 24.4. The molecule has 0 amide bonds. The predicted molar refractivity (Wildman–Crippen MR) is 349 cm³/mol. The zero-order chi connectivity index (χ0) is 53.1. The van der Waals surface area contributed by atoms with Gasteiger partial charge in [0.05, 0.1) is 10.4 Å². The zero-order valence-corrected chi connectivity index (χ0v) is 46.2. The summed E-state index contributed by atoms with van der Waals surface area (Å²) >= 11 is 5.74. The van der Waals surface area contributed by atoms with Gasteiger partial charge in [0.25, 0.3) is 0 Å². The molecule has 17 rings (SSSR count). The lowest BCUT2D eigenvalue weighted by molar-refractivity contribution is 1.22. The van der Waals surface area contributed by atoms with Gasteiger partial charge in [-0.05, 0) is 137 Å². The third kappa shape index (κ3) is 7.35. The van der Waals surface area contributed by atoms with Crippen LogP contribution in [-0.4, -0.2) is 13.4 Å². The quantitative estimate of drug-likeness (QED) is 0.140. The molecule has 4 aliphatic rings. The van der Waals surface area contributed by atoms with Crippen LogP contribution in [0.2, 0.25) is 0 Å². The maximum atomic E-state index is 2.66. The second-order valence-electron chi connectivity index (χ2n) is 21.1. The Kier molecular flexibility index (Phi) is 10.8. The summed E-state index contributed by atoms with van der Waals surface area (Å²) < 4.78 is 2.57. The van der Waals surface area contributed by atoms with Crippen LogP contribution in [0.15, 0.2) is 299 Å². The molecule has 5 heterocycles. The number of nitrogens with zero attached hydrogens (tertiary/aromatic N) is 4. The maximum absolute atomic E-state index is 2.66. The highest BCUT2D eigenvalue weighted by Gasteiger charge is 2.46. The van der Waals surface area contributed by atoms with Crippen molar-refractivity contribution < 1.29 is 0 Å². The molecule has 9 heteroatoms. The van der Waals surface area contributed by atoms with Gasteiger partial charge in [-0.15, -0.1) is 11.3 Å². The van der Waals surface area contributed by atoms with Gasteiger partial charge in [0, 0.05) is 97.6 Å². The molecule has 0 saturated carbocycles. The number of benzene rings is 12. The lowest BCUT2D eigenvalue weighted by atomic mass is 9.31. The topological polar surface area (TPSA) is 13.0 Å². The van der Waals surface area contributed by atoms with Gasteiger partial charge in [0.2, 0.25) is 13.4 Å². The minimum Gasteiger partial charge on any atom is -0.311 e. The van der Waals surface area contributed by atoms with Crippen LogP contribution in [0, 0.1) is 0 Å². The fraction of sp³-hybridized carbons (Fsp3) is 0. The Hall–Kier alpha value is -9.11. The van der Waals surface area contributed by atoms with E-state index in [1.807, 2.05) is 34.9 Å². The van der Waals surface area contributed by atoms with Crippen LogP contribution in [0.5, 0.6) is 0 Å². The second kappa shape index (κ2) is 18.8. The van der Waals surface area contributed by atoms with Gasteiger partial charge < -0.3 is 19.6 Å². The Labute approximate surface area is 484 Å². The first-order valence-electron chi connectivity index (χ1n) is 27.6. The standard InChI is InChI=1S/C72H46B2N4S3/c1-6-23-47(24-7-1)75(48-25-8-2-9-26-48)52-41-63-70-69(44-52)80-67-46-62-58(45-59(67)73(70)56-35-17-19-37-60(56)77(63)51-31-14-5-15-32-51)74-57-36-18-21-40-66(57)79-68-43-53(76(49-27-10-3-11-28-49)50-29-12-4-13-30-50)42-64(71(68)74)78(62)61-38-22-34-55-54-33-16-20-39-65(54)81-72(55)61/h1-46H. The van der Waals surface area contributed by atoms with Crippen LogP contribution in [0.1, 0.15) is 0 Å². The van der Waals surface area contributed by atoms with Crippen molar-refractivity contribution in [1.82, 2.24) is 0 Å². The fourth-order valence-corrected chi connectivity index (χ4v) is 17.0. The predicted octanol–water partition coefficient (Wildman–Crippen LogP) is 16.5. The van der Waals surface area contributed by atoms with Gasteiger partial charge in [-0.25, -0.2) is 0 Å². The number of para-hydroxylation sites is 6. The minimum absolute atomic E-state index is 0.0280. The summed E-state index contributed by atoms with van der Waals surface area (Å²) in [5.74, 6) is 0. The molecule has 0 bridgehead atoms. The molecule has 0 fully saturated rings.